The first-order valence-electron chi connectivity index (χ1n) is 16.3. The second kappa shape index (κ2) is 12.4. The van der Waals surface area contributed by atoms with Gasteiger partial charge >= 0.3 is 285 Å². The van der Waals surface area contributed by atoms with Gasteiger partial charge in [-0.15, -0.1) is 0 Å². The fourth-order valence-electron chi connectivity index (χ4n) is 8.06. The first-order chi connectivity index (χ1) is 22.5. The van der Waals surface area contributed by atoms with Crippen LogP contribution in [-0.4, -0.2) is 12.3 Å². The maximum atomic E-state index is 8.74. The van der Waals surface area contributed by atoms with Crippen molar-refractivity contribution in [1.82, 2.24) is 0 Å². The van der Waals surface area contributed by atoms with E-state index in [9.17, 15) is 0 Å². The molecule has 0 fully saturated rings. The van der Waals surface area contributed by atoms with Gasteiger partial charge in [-0.05, 0) is 0 Å². The van der Waals surface area contributed by atoms with Crippen molar-refractivity contribution < 1.29 is 0 Å². The summed E-state index contributed by atoms with van der Waals surface area (Å²) in [5.74, 6) is -7.04. The minimum absolute atomic E-state index is 0.810. The van der Waals surface area contributed by atoms with Gasteiger partial charge in [0.2, 0.25) is 0 Å². The Morgan fingerprint density at radius 3 is 0.935 bits per heavy atom. The van der Waals surface area contributed by atoms with Crippen LogP contribution in [0.15, 0.2) is 170 Å². The number of fused-ring (bicyclic) bond motifs is 2. The van der Waals surface area contributed by atoms with Crippen LogP contribution in [0.1, 0.15) is 24.0 Å². The van der Waals surface area contributed by atoms with E-state index in [1.807, 2.05) is 0 Å². The minimum atomic E-state index is -3.52. The predicted octanol–water partition coefficient (Wildman–Crippen LogP) is 9.23. The van der Waals surface area contributed by atoms with Crippen molar-refractivity contribution >= 4 is 66.2 Å². The zero-order valence-corrected chi connectivity index (χ0v) is 29.4. The molecule has 232 valence electrons. The van der Waals surface area contributed by atoms with Crippen LogP contribution in [0.3, 0.4) is 0 Å². The van der Waals surface area contributed by atoms with Crippen molar-refractivity contribution in [3.63, 3.8) is 0 Å². The maximum absolute atomic E-state index is 8.74. The zero-order valence-electron chi connectivity index (χ0n) is 26.1. The second-order valence-corrected chi connectivity index (χ2v) is 25.8. The van der Waals surface area contributed by atoms with Gasteiger partial charge in [-0.2, -0.15) is 0 Å². The standard InChI is InChI=1S/C42H40Cl2P2/c43-45(37-23-5-1-6-24-37,38-25-7-2-8-26-38)33-18-34-46(44,39-27-9-3-10-28-39,40-29-11-4-12-30-40)42-32-16-14-20-36(42)22-17-21-35-19-13-15-31-41(35)45/h1-16,19-20,23-32H,17-18,21-22,33-34H2. The predicted molar refractivity (Wildman–Crippen MR) is 208 cm³/mol. The molecule has 0 amide bonds. The van der Waals surface area contributed by atoms with Gasteiger partial charge in [0.25, 0.3) is 0 Å². The van der Waals surface area contributed by atoms with Gasteiger partial charge in [0.05, 0.1) is 0 Å². The summed E-state index contributed by atoms with van der Waals surface area (Å²) in [5.41, 5.74) is 2.71. The summed E-state index contributed by atoms with van der Waals surface area (Å²) in [6, 6.07) is 61.8. The fraction of sp³-hybridized carbons (Fsp3) is 0.143. The third-order valence-corrected chi connectivity index (χ3v) is 25.4. The molecule has 1 aliphatic heterocycles. The molecule has 6 aromatic carbocycles. The zero-order chi connectivity index (χ0) is 31.6. The first-order valence-corrected chi connectivity index (χ1v) is 23.0. The molecule has 0 spiro atoms. The number of aryl methyl sites for hydroxylation is 2. The molecule has 0 aromatic heterocycles. The molecule has 0 atom stereocenters. The van der Waals surface area contributed by atoms with Crippen LogP contribution in [-0.2, 0) is 12.8 Å². The summed E-state index contributed by atoms with van der Waals surface area (Å²) in [6.07, 6.45) is 5.38. The average Bonchev–Trinajstić information content (AvgIpc) is 3.13. The number of halogens is 2. The average molecular weight is 678 g/mol. The molecule has 46 heavy (non-hydrogen) atoms. The number of rotatable bonds is 4. The molecule has 1 heterocycles. The van der Waals surface area contributed by atoms with Gasteiger partial charge < -0.3 is 0 Å². The molecular formula is C42H40Cl2P2. The molecule has 0 nitrogen and oxygen atoms in total. The molecule has 1 aliphatic rings. The molecule has 0 unspecified atom stereocenters. The third-order valence-electron chi connectivity index (χ3n) is 10.2. The van der Waals surface area contributed by atoms with Gasteiger partial charge in [-0.3, -0.25) is 0 Å². The Balaban J connectivity index is 1.55. The van der Waals surface area contributed by atoms with Gasteiger partial charge in [0.15, 0.2) is 0 Å². The Hall–Kier alpha value is -3.24. The van der Waals surface area contributed by atoms with E-state index in [4.69, 9.17) is 22.5 Å². The van der Waals surface area contributed by atoms with Crippen LogP contribution < -0.4 is 31.8 Å². The number of benzene rings is 6. The SMILES string of the molecule is ClP1(c2ccccc2)(c2ccccc2)CCCP(Cl)(c2ccccc2)(c2ccccc2)c2ccccc2CCCc2ccccc21. The van der Waals surface area contributed by atoms with Gasteiger partial charge in [-0.25, -0.2) is 0 Å². The first kappa shape index (κ1) is 31.4. The normalized spacial score (nSPS) is 20.0. The van der Waals surface area contributed by atoms with Gasteiger partial charge in [0.1, 0.15) is 0 Å². The Kier molecular flexibility index (Phi) is 8.46. The van der Waals surface area contributed by atoms with Gasteiger partial charge in [-0.1, -0.05) is 0 Å². The Morgan fingerprint density at radius 2 is 0.609 bits per heavy atom. The van der Waals surface area contributed by atoms with E-state index < -0.39 is 11.9 Å². The molecule has 7 rings (SSSR count). The summed E-state index contributed by atoms with van der Waals surface area (Å²) < 4.78 is 0. The molecule has 4 heteroatoms. The van der Waals surface area contributed by atoms with E-state index in [0.717, 1.165) is 38.0 Å². The number of hydrogen-bond acceptors (Lipinski definition) is 0. The summed E-state index contributed by atoms with van der Waals surface area (Å²) in [4.78, 5) is 0. The van der Waals surface area contributed by atoms with Crippen molar-refractivity contribution in [3.05, 3.63) is 181 Å². The summed E-state index contributed by atoms with van der Waals surface area (Å²) in [5, 5.41) is 7.49. The Morgan fingerprint density at radius 1 is 0.326 bits per heavy atom. The molecule has 0 N–H and O–H groups in total. The molecule has 0 saturated heterocycles. The van der Waals surface area contributed by atoms with Gasteiger partial charge in [0, 0.05) is 0 Å². The Labute approximate surface area is 283 Å². The van der Waals surface area contributed by atoms with Crippen molar-refractivity contribution in [2.75, 3.05) is 12.3 Å². The fourth-order valence-corrected chi connectivity index (χ4v) is 21.6. The topological polar surface area (TPSA) is 0 Å². The molecule has 0 bridgehead atoms. The van der Waals surface area contributed by atoms with E-state index in [1.165, 1.54) is 43.0 Å². The van der Waals surface area contributed by atoms with Crippen LogP contribution in [0.2, 0.25) is 0 Å². The second-order valence-electron chi connectivity index (χ2n) is 12.6. The quantitative estimate of drug-likeness (QED) is 0.163. The van der Waals surface area contributed by atoms with E-state index in [2.05, 4.69) is 170 Å². The molecule has 0 radical (unpaired) electrons. The van der Waals surface area contributed by atoms with Crippen LogP contribution in [0.25, 0.3) is 0 Å². The van der Waals surface area contributed by atoms with Crippen molar-refractivity contribution in [2.45, 2.75) is 25.7 Å². The van der Waals surface area contributed by atoms with Crippen LogP contribution in [0.5, 0.6) is 0 Å². The molecule has 0 aliphatic carbocycles. The van der Waals surface area contributed by atoms with E-state index in [1.54, 1.807) is 0 Å². The third kappa shape index (κ3) is 4.89. The summed E-state index contributed by atoms with van der Waals surface area (Å²) in [7, 11) is 0. The van der Waals surface area contributed by atoms with E-state index in [0.29, 0.717) is 0 Å². The molecule has 0 saturated carbocycles. The van der Waals surface area contributed by atoms with Crippen molar-refractivity contribution in [2.24, 2.45) is 0 Å². The number of hydrogen-bond donors (Lipinski definition) is 0. The van der Waals surface area contributed by atoms with Crippen LogP contribution in [0, 0.1) is 0 Å². The van der Waals surface area contributed by atoms with Crippen molar-refractivity contribution in [3.8, 4) is 0 Å². The summed E-state index contributed by atoms with van der Waals surface area (Å²) in [6.45, 7) is 0. The monoisotopic (exact) mass is 676 g/mol. The molecular weight excluding hydrogens is 637 g/mol. The molecule has 6 aromatic rings. The van der Waals surface area contributed by atoms with E-state index in [-0.39, 0.29) is 0 Å². The Bertz CT molecular complexity index is 1720. The van der Waals surface area contributed by atoms with Crippen LogP contribution in [0.4, 0.5) is 0 Å². The van der Waals surface area contributed by atoms with E-state index >= 15 is 0 Å². The van der Waals surface area contributed by atoms with Crippen LogP contribution >= 0.6 is 34.4 Å². The van der Waals surface area contributed by atoms with Crippen molar-refractivity contribution in [1.29, 1.82) is 0 Å². The summed E-state index contributed by atoms with van der Waals surface area (Å²) >= 11 is 17.5.